The van der Waals surface area contributed by atoms with E-state index in [2.05, 4.69) is 33.5 Å². The number of anilines is 2. The summed E-state index contributed by atoms with van der Waals surface area (Å²) in [4.78, 5) is 9.05. The SMILES string of the molecule is Cc1csc(Nc2ncc(C=Cc3ccccc3)cc2OCc2ccccc2)n1. The molecule has 4 aromatic rings. The van der Waals surface area contributed by atoms with E-state index in [-0.39, 0.29) is 0 Å². The van der Waals surface area contributed by atoms with Gasteiger partial charge < -0.3 is 10.1 Å². The predicted octanol–water partition coefficient (Wildman–Crippen LogP) is 6.34. The number of rotatable bonds is 7. The van der Waals surface area contributed by atoms with Gasteiger partial charge in [0.2, 0.25) is 0 Å². The molecule has 0 saturated heterocycles. The molecule has 0 amide bonds. The van der Waals surface area contributed by atoms with Crippen molar-refractivity contribution in [3.8, 4) is 5.75 Å². The topological polar surface area (TPSA) is 47.0 Å². The van der Waals surface area contributed by atoms with Gasteiger partial charge in [0.15, 0.2) is 16.7 Å². The minimum Gasteiger partial charge on any atom is -0.485 e. The smallest absolute Gasteiger partial charge is 0.188 e. The molecule has 0 radical (unpaired) electrons. The standard InChI is InChI=1S/C24H21N3OS/c1-18-17-29-24(26-18)27-23-22(28-16-20-10-6-3-7-11-20)14-21(15-25-23)13-12-19-8-4-2-5-9-19/h2-15,17H,16H2,1H3,(H,25,26,27). The van der Waals surface area contributed by atoms with Crippen LogP contribution < -0.4 is 10.1 Å². The molecule has 0 atom stereocenters. The Bertz CT molecular complexity index is 1090. The molecule has 0 fully saturated rings. The number of hydrogen-bond acceptors (Lipinski definition) is 5. The highest BCUT2D eigenvalue weighted by Gasteiger charge is 2.09. The van der Waals surface area contributed by atoms with Gasteiger partial charge in [-0.15, -0.1) is 11.3 Å². The van der Waals surface area contributed by atoms with Crippen LogP contribution in [0.15, 0.2) is 78.3 Å². The quantitative estimate of drug-likeness (QED) is 0.394. The zero-order valence-corrected chi connectivity index (χ0v) is 16.9. The lowest BCUT2D eigenvalue weighted by atomic mass is 10.1. The van der Waals surface area contributed by atoms with Crippen molar-refractivity contribution < 1.29 is 4.74 Å². The maximum absolute atomic E-state index is 6.11. The molecule has 2 heterocycles. The number of pyridine rings is 1. The van der Waals surface area contributed by atoms with Crippen LogP contribution in [-0.4, -0.2) is 9.97 Å². The van der Waals surface area contributed by atoms with Gasteiger partial charge in [0.1, 0.15) is 6.61 Å². The molecule has 0 aliphatic rings. The van der Waals surface area contributed by atoms with Crippen molar-refractivity contribution in [2.75, 3.05) is 5.32 Å². The van der Waals surface area contributed by atoms with Crippen LogP contribution in [0, 0.1) is 6.92 Å². The van der Waals surface area contributed by atoms with Crippen LogP contribution in [0.1, 0.15) is 22.4 Å². The van der Waals surface area contributed by atoms with Crippen molar-refractivity contribution in [3.05, 3.63) is 101 Å². The molecule has 2 aromatic carbocycles. The number of nitrogens with zero attached hydrogens (tertiary/aromatic N) is 2. The number of hydrogen-bond donors (Lipinski definition) is 1. The zero-order chi connectivity index (χ0) is 19.9. The molecule has 4 rings (SSSR count). The van der Waals surface area contributed by atoms with Crippen molar-refractivity contribution in [2.24, 2.45) is 0 Å². The Labute approximate surface area is 174 Å². The van der Waals surface area contributed by atoms with Gasteiger partial charge in [0.25, 0.3) is 0 Å². The third-order valence-electron chi connectivity index (χ3n) is 4.22. The summed E-state index contributed by atoms with van der Waals surface area (Å²) in [6.07, 6.45) is 5.93. The van der Waals surface area contributed by atoms with Crippen molar-refractivity contribution in [2.45, 2.75) is 13.5 Å². The summed E-state index contributed by atoms with van der Waals surface area (Å²) in [5.74, 6) is 1.35. The fraction of sp³-hybridized carbons (Fsp3) is 0.0833. The Kier molecular flexibility index (Phi) is 5.98. The minimum atomic E-state index is 0.472. The molecule has 1 N–H and O–H groups in total. The molecular weight excluding hydrogens is 378 g/mol. The van der Waals surface area contributed by atoms with E-state index >= 15 is 0 Å². The second kappa shape index (κ2) is 9.17. The number of aryl methyl sites for hydroxylation is 1. The number of aromatic nitrogens is 2. The van der Waals surface area contributed by atoms with E-state index in [0.29, 0.717) is 18.2 Å². The molecule has 144 valence electrons. The normalized spacial score (nSPS) is 10.9. The fourth-order valence-corrected chi connectivity index (χ4v) is 3.45. The average molecular weight is 400 g/mol. The Balaban J connectivity index is 1.58. The van der Waals surface area contributed by atoms with Gasteiger partial charge in [-0.05, 0) is 29.7 Å². The molecule has 2 aromatic heterocycles. The van der Waals surface area contributed by atoms with Gasteiger partial charge >= 0.3 is 0 Å². The molecule has 0 aliphatic carbocycles. The highest BCUT2D eigenvalue weighted by Crippen LogP contribution is 2.29. The lowest BCUT2D eigenvalue weighted by molar-refractivity contribution is 0.307. The van der Waals surface area contributed by atoms with Crippen LogP contribution >= 0.6 is 11.3 Å². The van der Waals surface area contributed by atoms with Gasteiger partial charge in [-0.1, -0.05) is 72.8 Å². The van der Waals surface area contributed by atoms with Gasteiger partial charge in [0, 0.05) is 11.6 Å². The van der Waals surface area contributed by atoms with Crippen LogP contribution in [0.25, 0.3) is 12.2 Å². The first-order chi connectivity index (χ1) is 14.3. The van der Waals surface area contributed by atoms with E-state index in [4.69, 9.17) is 4.74 Å². The van der Waals surface area contributed by atoms with Crippen LogP contribution in [0.2, 0.25) is 0 Å². The van der Waals surface area contributed by atoms with Crippen molar-refractivity contribution >= 4 is 34.4 Å². The van der Waals surface area contributed by atoms with Crippen LogP contribution in [0.4, 0.5) is 10.9 Å². The summed E-state index contributed by atoms with van der Waals surface area (Å²) in [5.41, 5.74) is 4.19. The monoisotopic (exact) mass is 399 g/mol. The van der Waals surface area contributed by atoms with Crippen LogP contribution in [0.3, 0.4) is 0 Å². The van der Waals surface area contributed by atoms with Gasteiger partial charge in [0.05, 0.1) is 5.69 Å². The van der Waals surface area contributed by atoms with Crippen molar-refractivity contribution in [1.82, 2.24) is 9.97 Å². The lowest BCUT2D eigenvalue weighted by Crippen LogP contribution is -2.01. The van der Waals surface area contributed by atoms with E-state index in [9.17, 15) is 0 Å². The van der Waals surface area contributed by atoms with Crippen LogP contribution in [-0.2, 0) is 6.61 Å². The van der Waals surface area contributed by atoms with E-state index in [1.165, 1.54) is 0 Å². The van der Waals surface area contributed by atoms with E-state index in [0.717, 1.165) is 27.5 Å². The Morgan fingerprint density at radius 2 is 1.69 bits per heavy atom. The molecule has 5 heteroatoms. The van der Waals surface area contributed by atoms with Crippen molar-refractivity contribution in [3.63, 3.8) is 0 Å². The first-order valence-electron chi connectivity index (χ1n) is 9.35. The highest BCUT2D eigenvalue weighted by atomic mass is 32.1. The molecule has 0 bridgehead atoms. The molecule has 0 unspecified atom stereocenters. The highest BCUT2D eigenvalue weighted by molar-refractivity contribution is 7.13. The summed E-state index contributed by atoms with van der Waals surface area (Å²) in [6.45, 7) is 2.44. The zero-order valence-electron chi connectivity index (χ0n) is 16.1. The Morgan fingerprint density at radius 3 is 2.41 bits per heavy atom. The molecule has 29 heavy (non-hydrogen) atoms. The number of nitrogens with one attached hydrogen (secondary N) is 1. The average Bonchev–Trinajstić information content (AvgIpc) is 3.18. The summed E-state index contributed by atoms with van der Waals surface area (Å²) < 4.78 is 6.11. The second-order valence-corrected chi connectivity index (χ2v) is 7.41. The predicted molar refractivity (Wildman–Crippen MR) is 121 cm³/mol. The van der Waals surface area contributed by atoms with Crippen molar-refractivity contribution in [1.29, 1.82) is 0 Å². The van der Waals surface area contributed by atoms with Crippen LogP contribution in [0.5, 0.6) is 5.75 Å². The largest absolute Gasteiger partial charge is 0.485 e. The van der Waals surface area contributed by atoms with Gasteiger partial charge in [-0.3, -0.25) is 0 Å². The molecular formula is C24H21N3OS. The van der Waals surface area contributed by atoms with Gasteiger partial charge in [-0.25, -0.2) is 9.97 Å². The lowest BCUT2D eigenvalue weighted by Gasteiger charge is -2.12. The molecule has 0 spiro atoms. The third-order valence-corrected chi connectivity index (χ3v) is 5.10. The fourth-order valence-electron chi connectivity index (χ4n) is 2.76. The van der Waals surface area contributed by atoms with Gasteiger partial charge in [-0.2, -0.15) is 0 Å². The first-order valence-corrected chi connectivity index (χ1v) is 10.2. The Morgan fingerprint density at radius 1 is 0.966 bits per heavy atom. The summed E-state index contributed by atoms with van der Waals surface area (Å²) in [6, 6.07) is 22.3. The summed E-state index contributed by atoms with van der Waals surface area (Å²) in [5, 5.41) is 6.08. The van der Waals surface area contributed by atoms with E-state index in [1.54, 1.807) is 11.3 Å². The number of benzene rings is 2. The second-order valence-electron chi connectivity index (χ2n) is 6.55. The number of thiazole rings is 1. The number of ether oxygens (including phenoxy) is 1. The first kappa shape index (κ1) is 18.9. The van der Waals surface area contributed by atoms with E-state index < -0.39 is 0 Å². The van der Waals surface area contributed by atoms with E-state index in [1.807, 2.05) is 79.2 Å². The molecule has 0 aliphatic heterocycles. The minimum absolute atomic E-state index is 0.472. The molecule has 0 saturated carbocycles. The molecule has 4 nitrogen and oxygen atoms in total. The maximum atomic E-state index is 6.11. The third kappa shape index (κ3) is 5.30. The maximum Gasteiger partial charge on any atom is 0.188 e. The Hall–Kier alpha value is -3.44. The summed E-state index contributed by atoms with van der Waals surface area (Å²) >= 11 is 1.55. The summed E-state index contributed by atoms with van der Waals surface area (Å²) in [7, 11) is 0.